The molecule has 0 aliphatic heterocycles. The average molecular weight is 328 g/mol. The van der Waals surface area contributed by atoms with E-state index in [1.54, 1.807) is 32.4 Å². The summed E-state index contributed by atoms with van der Waals surface area (Å²) in [5, 5.41) is 9.81. The first-order valence-corrected chi connectivity index (χ1v) is 7.88. The minimum absolute atomic E-state index is 0.413. The first-order chi connectivity index (χ1) is 11.4. The molecule has 0 aliphatic carbocycles. The summed E-state index contributed by atoms with van der Waals surface area (Å²) in [6.45, 7) is 6.09. The Bertz CT molecular complexity index is 726. The molecule has 1 atom stereocenters. The maximum absolute atomic E-state index is 12.0. The number of carboxylic acid groups (broad SMARTS) is 1. The first-order valence-electron chi connectivity index (χ1n) is 7.88. The predicted octanol–water partition coefficient (Wildman–Crippen LogP) is 4.04. The van der Waals surface area contributed by atoms with E-state index in [-0.39, 0.29) is 0 Å². The predicted molar refractivity (Wildman–Crippen MR) is 94.3 cm³/mol. The lowest BCUT2D eigenvalue weighted by atomic mass is 9.87. The van der Waals surface area contributed by atoms with E-state index in [1.165, 1.54) is 5.56 Å². The molecule has 0 amide bonds. The van der Waals surface area contributed by atoms with Crippen LogP contribution in [0.1, 0.15) is 33.7 Å². The highest BCUT2D eigenvalue weighted by atomic mass is 16.5. The number of methoxy groups -OCH3 is 2. The van der Waals surface area contributed by atoms with Crippen molar-refractivity contribution >= 4 is 5.97 Å². The molecule has 0 heterocycles. The fraction of sp³-hybridized carbons (Fsp3) is 0.350. The van der Waals surface area contributed by atoms with Crippen LogP contribution in [0.3, 0.4) is 0 Å². The Kier molecular flexibility index (Phi) is 5.50. The molecule has 2 rings (SSSR count). The SMILES string of the molecule is COc1ccc(OC)c(C(Cc2c(C)cc(C)cc2C)C(=O)O)c1. The number of hydrogen-bond acceptors (Lipinski definition) is 3. The van der Waals surface area contributed by atoms with E-state index < -0.39 is 11.9 Å². The van der Waals surface area contributed by atoms with Gasteiger partial charge in [0.1, 0.15) is 11.5 Å². The standard InChI is InChI=1S/C20H24O4/c1-12-8-13(2)16(14(3)9-12)11-18(20(21)22)17-10-15(23-4)6-7-19(17)24-5/h6-10,18H,11H2,1-5H3,(H,21,22). The number of ether oxygens (including phenoxy) is 2. The van der Waals surface area contributed by atoms with Crippen molar-refractivity contribution < 1.29 is 19.4 Å². The lowest BCUT2D eigenvalue weighted by Gasteiger charge is -2.20. The Hall–Kier alpha value is -2.49. The van der Waals surface area contributed by atoms with Crippen molar-refractivity contribution in [1.29, 1.82) is 0 Å². The van der Waals surface area contributed by atoms with Crippen molar-refractivity contribution in [2.24, 2.45) is 0 Å². The molecule has 1 N–H and O–H groups in total. The van der Waals surface area contributed by atoms with Gasteiger partial charge in [0, 0.05) is 5.56 Å². The van der Waals surface area contributed by atoms with E-state index >= 15 is 0 Å². The molecule has 0 aromatic heterocycles. The minimum atomic E-state index is -0.874. The fourth-order valence-electron chi connectivity index (χ4n) is 3.18. The van der Waals surface area contributed by atoms with Crippen LogP contribution in [0.4, 0.5) is 0 Å². The van der Waals surface area contributed by atoms with Crippen molar-refractivity contribution in [2.45, 2.75) is 33.1 Å². The molecular weight excluding hydrogens is 304 g/mol. The van der Waals surface area contributed by atoms with Gasteiger partial charge in [-0.15, -0.1) is 0 Å². The summed E-state index contributed by atoms with van der Waals surface area (Å²) in [7, 11) is 3.11. The van der Waals surface area contributed by atoms with Crippen LogP contribution in [0, 0.1) is 20.8 Å². The Morgan fingerprint density at radius 2 is 1.67 bits per heavy atom. The molecule has 0 fully saturated rings. The number of aliphatic carboxylic acids is 1. The molecule has 0 spiro atoms. The van der Waals surface area contributed by atoms with Crippen molar-refractivity contribution in [3.63, 3.8) is 0 Å². The highest BCUT2D eigenvalue weighted by molar-refractivity contribution is 5.78. The average Bonchev–Trinajstić information content (AvgIpc) is 2.53. The molecule has 1 unspecified atom stereocenters. The van der Waals surface area contributed by atoms with Gasteiger partial charge in [-0.25, -0.2) is 0 Å². The molecule has 0 bridgehead atoms. The van der Waals surface area contributed by atoms with E-state index in [4.69, 9.17) is 9.47 Å². The zero-order valence-electron chi connectivity index (χ0n) is 14.8. The van der Waals surface area contributed by atoms with Crippen LogP contribution in [0.25, 0.3) is 0 Å². The third-order valence-corrected chi connectivity index (χ3v) is 4.36. The summed E-state index contributed by atoms with van der Waals surface area (Å²) in [4.78, 5) is 12.0. The van der Waals surface area contributed by atoms with Crippen LogP contribution < -0.4 is 9.47 Å². The lowest BCUT2D eigenvalue weighted by Crippen LogP contribution is -2.17. The second kappa shape index (κ2) is 7.39. The van der Waals surface area contributed by atoms with Crippen molar-refractivity contribution in [3.8, 4) is 11.5 Å². The monoisotopic (exact) mass is 328 g/mol. The van der Waals surface area contributed by atoms with Gasteiger partial charge in [-0.05, 0) is 62.1 Å². The number of carbonyl (C=O) groups is 1. The quantitative estimate of drug-likeness (QED) is 0.869. The molecular formula is C20H24O4. The molecule has 2 aromatic rings. The Balaban J connectivity index is 2.50. The van der Waals surface area contributed by atoms with Crippen molar-refractivity contribution in [3.05, 3.63) is 58.1 Å². The molecule has 24 heavy (non-hydrogen) atoms. The van der Waals surface area contributed by atoms with Crippen molar-refractivity contribution in [1.82, 2.24) is 0 Å². The Morgan fingerprint density at radius 1 is 1.04 bits per heavy atom. The van der Waals surface area contributed by atoms with Crippen LogP contribution in [-0.4, -0.2) is 25.3 Å². The largest absolute Gasteiger partial charge is 0.497 e. The van der Waals surface area contributed by atoms with Crippen LogP contribution in [0.15, 0.2) is 30.3 Å². The fourth-order valence-corrected chi connectivity index (χ4v) is 3.18. The molecule has 0 saturated carbocycles. The summed E-state index contributed by atoms with van der Waals surface area (Å²) in [5.41, 5.74) is 5.10. The smallest absolute Gasteiger partial charge is 0.311 e. The van der Waals surface area contributed by atoms with Crippen LogP contribution >= 0.6 is 0 Å². The third-order valence-electron chi connectivity index (χ3n) is 4.36. The molecule has 0 saturated heterocycles. The van der Waals surface area contributed by atoms with Gasteiger partial charge in [0.2, 0.25) is 0 Å². The third kappa shape index (κ3) is 3.70. The summed E-state index contributed by atoms with van der Waals surface area (Å²) < 4.78 is 10.6. The van der Waals surface area contributed by atoms with Gasteiger partial charge in [0.05, 0.1) is 20.1 Å². The number of benzene rings is 2. The second-order valence-corrected chi connectivity index (χ2v) is 6.08. The lowest BCUT2D eigenvalue weighted by molar-refractivity contribution is -0.138. The summed E-state index contributed by atoms with van der Waals surface area (Å²) in [5.74, 6) is -0.392. The van der Waals surface area contributed by atoms with E-state index in [0.29, 0.717) is 23.5 Å². The number of hydrogen-bond donors (Lipinski definition) is 1. The number of aryl methyl sites for hydroxylation is 3. The summed E-state index contributed by atoms with van der Waals surface area (Å²) in [6, 6.07) is 9.44. The van der Waals surface area contributed by atoms with Gasteiger partial charge in [-0.3, -0.25) is 4.79 Å². The van der Waals surface area contributed by atoms with Crippen LogP contribution in [0.2, 0.25) is 0 Å². The van der Waals surface area contributed by atoms with Crippen LogP contribution in [-0.2, 0) is 11.2 Å². The molecule has 2 aromatic carbocycles. The van der Waals surface area contributed by atoms with Gasteiger partial charge >= 0.3 is 5.97 Å². The van der Waals surface area contributed by atoms with E-state index in [9.17, 15) is 9.90 Å². The van der Waals surface area contributed by atoms with E-state index in [0.717, 1.165) is 16.7 Å². The highest BCUT2D eigenvalue weighted by Crippen LogP contribution is 2.34. The highest BCUT2D eigenvalue weighted by Gasteiger charge is 2.26. The normalized spacial score (nSPS) is 11.9. The second-order valence-electron chi connectivity index (χ2n) is 6.08. The topological polar surface area (TPSA) is 55.8 Å². The minimum Gasteiger partial charge on any atom is -0.497 e. The molecule has 0 aliphatic rings. The summed E-state index contributed by atoms with van der Waals surface area (Å²) >= 11 is 0. The van der Waals surface area contributed by atoms with Gasteiger partial charge < -0.3 is 14.6 Å². The van der Waals surface area contributed by atoms with E-state index in [1.807, 2.05) is 20.8 Å². The van der Waals surface area contributed by atoms with Crippen LogP contribution in [0.5, 0.6) is 11.5 Å². The first kappa shape index (κ1) is 17.9. The molecule has 128 valence electrons. The van der Waals surface area contributed by atoms with Gasteiger partial charge in [-0.1, -0.05) is 17.7 Å². The van der Waals surface area contributed by atoms with Gasteiger partial charge in [-0.2, -0.15) is 0 Å². The summed E-state index contributed by atoms with van der Waals surface area (Å²) in [6.07, 6.45) is 0.413. The number of rotatable bonds is 6. The van der Waals surface area contributed by atoms with Gasteiger partial charge in [0.25, 0.3) is 0 Å². The zero-order valence-corrected chi connectivity index (χ0v) is 14.8. The van der Waals surface area contributed by atoms with Crippen molar-refractivity contribution in [2.75, 3.05) is 14.2 Å². The Labute approximate surface area is 143 Å². The molecule has 4 nitrogen and oxygen atoms in total. The maximum atomic E-state index is 12.0. The molecule has 4 heteroatoms. The van der Waals surface area contributed by atoms with E-state index in [2.05, 4.69) is 12.1 Å². The van der Waals surface area contributed by atoms with Gasteiger partial charge in [0.15, 0.2) is 0 Å². The maximum Gasteiger partial charge on any atom is 0.311 e. The molecule has 0 radical (unpaired) electrons. The Morgan fingerprint density at radius 3 is 2.17 bits per heavy atom. The number of carboxylic acids is 1. The zero-order chi connectivity index (χ0) is 17.9.